The summed E-state index contributed by atoms with van der Waals surface area (Å²) in [7, 11) is 2.08. The summed E-state index contributed by atoms with van der Waals surface area (Å²) in [6.07, 6.45) is 1.49. The maximum Gasteiger partial charge on any atom is 0.163 e. The van der Waals surface area contributed by atoms with Crippen LogP contribution in [-0.4, -0.2) is 60.4 Å². The largest absolute Gasteiger partial charge is 0.487 e. The van der Waals surface area contributed by atoms with Crippen molar-refractivity contribution in [1.82, 2.24) is 14.9 Å². The highest BCUT2D eigenvalue weighted by molar-refractivity contribution is 6.42. The summed E-state index contributed by atoms with van der Waals surface area (Å²) in [4.78, 5) is 11.1. The summed E-state index contributed by atoms with van der Waals surface area (Å²) in [5, 5.41) is 5.04. The molecule has 2 heterocycles. The maximum atomic E-state index is 6.15. The quantitative estimate of drug-likeness (QED) is 0.503. The zero-order valence-corrected chi connectivity index (χ0v) is 19.8. The van der Waals surface area contributed by atoms with E-state index in [2.05, 4.69) is 27.2 Å². The van der Waals surface area contributed by atoms with Gasteiger partial charge in [-0.05, 0) is 45.2 Å². The Labute approximate surface area is 197 Å². The molecule has 170 valence electrons. The summed E-state index contributed by atoms with van der Waals surface area (Å²) in [6, 6.07) is 9.10. The van der Waals surface area contributed by atoms with E-state index in [0.717, 1.165) is 29.7 Å². The van der Waals surface area contributed by atoms with Crippen LogP contribution in [0, 0.1) is 0 Å². The third kappa shape index (κ3) is 5.53. The Morgan fingerprint density at radius 1 is 1.16 bits per heavy atom. The second kappa shape index (κ2) is 10.1. The zero-order valence-electron chi connectivity index (χ0n) is 18.3. The van der Waals surface area contributed by atoms with E-state index in [0.29, 0.717) is 40.6 Å². The number of rotatable bonds is 7. The molecule has 7 nitrogen and oxygen atoms in total. The van der Waals surface area contributed by atoms with Gasteiger partial charge in [-0.25, -0.2) is 9.97 Å². The molecule has 1 aliphatic rings. The van der Waals surface area contributed by atoms with Gasteiger partial charge >= 0.3 is 0 Å². The van der Waals surface area contributed by atoms with Crippen molar-refractivity contribution in [3.63, 3.8) is 0 Å². The highest BCUT2D eigenvalue weighted by atomic mass is 35.5. The molecular formula is C23H26Cl2N4O3. The molecule has 32 heavy (non-hydrogen) atoms. The topological polar surface area (TPSA) is 68.7 Å². The molecule has 1 saturated heterocycles. The fourth-order valence-electron chi connectivity index (χ4n) is 3.48. The van der Waals surface area contributed by atoms with Crippen molar-refractivity contribution in [3.05, 3.63) is 46.7 Å². The van der Waals surface area contributed by atoms with E-state index in [4.69, 9.17) is 37.4 Å². The lowest BCUT2D eigenvalue weighted by Crippen LogP contribution is -2.42. The van der Waals surface area contributed by atoms with Gasteiger partial charge in [0.2, 0.25) is 0 Å². The van der Waals surface area contributed by atoms with E-state index >= 15 is 0 Å². The number of anilines is 2. The van der Waals surface area contributed by atoms with Crippen molar-refractivity contribution in [3.8, 4) is 11.5 Å². The smallest absolute Gasteiger partial charge is 0.163 e. The van der Waals surface area contributed by atoms with Crippen LogP contribution < -0.4 is 14.8 Å². The Bertz CT molecular complexity index is 1100. The molecule has 4 rings (SSSR count). The number of hydrogen-bond acceptors (Lipinski definition) is 7. The molecule has 0 bridgehead atoms. The number of nitrogens with zero attached hydrogens (tertiary/aromatic N) is 3. The highest BCUT2D eigenvalue weighted by Crippen LogP contribution is 2.36. The molecule has 3 aromatic rings. The van der Waals surface area contributed by atoms with Gasteiger partial charge in [0, 0.05) is 30.2 Å². The van der Waals surface area contributed by atoms with Crippen LogP contribution in [0.5, 0.6) is 11.5 Å². The van der Waals surface area contributed by atoms with E-state index in [-0.39, 0.29) is 12.2 Å². The van der Waals surface area contributed by atoms with Gasteiger partial charge < -0.3 is 24.4 Å². The van der Waals surface area contributed by atoms with Crippen LogP contribution in [-0.2, 0) is 4.74 Å². The second-order valence-corrected chi connectivity index (χ2v) is 8.84. The number of ether oxygens (including phenoxy) is 3. The fourth-order valence-corrected chi connectivity index (χ4v) is 3.78. The Balaban J connectivity index is 1.63. The number of benzene rings is 2. The molecule has 0 amide bonds. The van der Waals surface area contributed by atoms with Crippen LogP contribution in [0.3, 0.4) is 0 Å². The predicted molar refractivity (Wildman–Crippen MR) is 128 cm³/mol. The first-order valence-corrected chi connectivity index (χ1v) is 11.2. The normalized spacial score (nSPS) is 17.0. The Morgan fingerprint density at radius 3 is 2.75 bits per heavy atom. The van der Waals surface area contributed by atoms with Gasteiger partial charge in [-0.1, -0.05) is 23.2 Å². The number of hydrogen-bond donors (Lipinski definition) is 1. The number of aromatic nitrogens is 2. The van der Waals surface area contributed by atoms with E-state index in [1.807, 2.05) is 32.0 Å². The third-order valence-corrected chi connectivity index (χ3v) is 5.75. The minimum atomic E-state index is -0.0250. The molecule has 1 aromatic heterocycles. The fraction of sp³-hybridized carbons (Fsp3) is 0.391. The summed E-state index contributed by atoms with van der Waals surface area (Å²) in [5.74, 6) is 1.89. The van der Waals surface area contributed by atoms with Crippen molar-refractivity contribution < 1.29 is 14.2 Å². The van der Waals surface area contributed by atoms with Gasteiger partial charge in [-0.15, -0.1) is 0 Å². The number of halogens is 2. The summed E-state index contributed by atoms with van der Waals surface area (Å²) in [6.45, 7) is 6.85. The molecule has 0 saturated carbocycles. The number of likely N-dealkylation sites (N-methyl/N-ethyl adjacent to an activating group) is 1. The Morgan fingerprint density at radius 2 is 2.00 bits per heavy atom. The SMILES string of the molecule is CC(C)Oc1cc2c(Nc3ccc(Cl)c(Cl)c3)ncnc2cc1OCC1CN(C)CCO1. The van der Waals surface area contributed by atoms with Crippen molar-refractivity contribution in [2.45, 2.75) is 26.1 Å². The first-order valence-electron chi connectivity index (χ1n) is 10.5. The minimum absolute atomic E-state index is 0.00799. The van der Waals surface area contributed by atoms with Gasteiger partial charge in [-0.2, -0.15) is 0 Å². The maximum absolute atomic E-state index is 6.15. The molecule has 1 N–H and O–H groups in total. The monoisotopic (exact) mass is 476 g/mol. The molecular weight excluding hydrogens is 451 g/mol. The van der Waals surface area contributed by atoms with Crippen molar-refractivity contribution in [1.29, 1.82) is 0 Å². The van der Waals surface area contributed by atoms with Crippen LogP contribution >= 0.6 is 23.2 Å². The molecule has 1 aliphatic heterocycles. The van der Waals surface area contributed by atoms with E-state index < -0.39 is 0 Å². The highest BCUT2D eigenvalue weighted by Gasteiger charge is 2.20. The van der Waals surface area contributed by atoms with E-state index in [1.165, 1.54) is 6.33 Å². The lowest BCUT2D eigenvalue weighted by Gasteiger charge is -2.30. The average molecular weight is 477 g/mol. The van der Waals surface area contributed by atoms with Crippen LogP contribution in [0.4, 0.5) is 11.5 Å². The average Bonchev–Trinajstić information content (AvgIpc) is 2.75. The van der Waals surface area contributed by atoms with E-state index in [1.54, 1.807) is 12.1 Å². The van der Waals surface area contributed by atoms with Crippen molar-refractivity contribution in [2.75, 3.05) is 38.7 Å². The van der Waals surface area contributed by atoms with Gasteiger partial charge in [0.1, 0.15) is 24.9 Å². The molecule has 1 fully saturated rings. The van der Waals surface area contributed by atoms with Gasteiger partial charge in [0.25, 0.3) is 0 Å². The van der Waals surface area contributed by atoms with Crippen LogP contribution in [0.2, 0.25) is 10.0 Å². The molecule has 1 atom stereocenters. The van der Waals surface area contributed by atoms with Crippen molar-refractivity contribution in [2.24, 2.45) is 0 Å². The minimum Gasteiger partial charge on any atom is -0.487 e. The summed E-state index contributed by atoms with van der Waals surface area (Å²) < 4.78 is 18.0. The Hall–Kier alpha value is -2.32. The van der Waals surface area contributed by atoms with Gasteiger partial charge in [0.15, 0.2) is 11.5 Å². The predicted octanol–water partition coefficient (Wildman–Crippen LogP) is 5.18. The molecule has 0 aliphatic carbocycles. The first-order chi connectivity index (χ1) is 15.4. The number of fused-ring (bicyclic) bond motifs is 1. The lowest BCUT2D eigenvalue weighted by molar-refractivity contribution is -0.0407. The van der Waals surface area contributed by atoms with Crippen LogP contribution in [0.25, 0.3) is 10.9 Å². The molecule has 9 heteroatoms. The van der Waals surface area contributed by atoms with Crippen LogP contribution in [0.1, 0.15) is 13.8 Å². The van der Waals surface area contributed by atoms with Gasteiger partial charge in [0.05, 0.1) is 28.3 Å². The second-order valence-electron chi connectivity index (χ2n) is 8.02. The molecule has 0 radical (unpaired) electrons. The number of morpholine rings is 1. The first kappa shape index (κ1) is 22.9. The molecule has 1 unspecified atom stereocenters. The summed E-state index contributed by atoms with van der Waals surface area (Å²) >= 11 is 12.2. The number of nitrogens with one attached hydrogen (secondary N) is 1. The third-order valence-electron chi connectivity index (χ3n) is 5.01. The zero-order chi connectivity index (χ0) is 22.7. The molecule has 0 spiro atoms. The van der Waals surface area contributed by atoms with Gasteiger partial charge in [-0.3, -0.25) is 0 Å². The lowest BCUT2D eigenvalue weighted by atomic mass is 10.2. The van der Waals surface area contributed by atoms with Crippen molar-refractivity contribution >= 4 is 45.6 Å². The molecule has 2 aromatic carbocycles. The van der Waals surface area contributed by atoms with E-state index in [9.17, 15) is 0 Å². The Kier molecular flexibility index (Phi) is 7.20. The standard InChI is InChI=1S/C23H26Cl2N4O3/c1-14(2)32-22-9-17-20(10-21(22)31-12-16-11-29(3)6-7-30-16)26-13-27-23(17)28-15-4-5-18(24)19(25)8-15/h4-5,8-10,13-14,16H,6-7,11-12H2,1-3H3,(H,26,27,28). The summed E-state index contributed by atoms with van der Waals surface area (Å²) in [5.41, 5.74) is 1.50. The van der Waals surface area contributed by atoms with Crippen LogP contribution in [0.15, 0.2) is 36.7 Å².